The Labute approximate surface area is 108 Å². The van der Waals surface area contributed by atoms with E-state index in [1.165, 1.54) is 0 Å². The molecule has 0 heterocycles. The monoisotopic (exact) mass is 260 g/mol. The van der Waals surface area contributed by atoms with Crippen molar-refractivity contribution in [2.45, 2.75) is 59.1 Å². The lowest BCUT2D eigenvalue weighted by Gasteiger charge is -2.23. The van der Waals surface area contributed by atoms with Crippen LogP contribution in [0.15, 0.2) is 0 Å². The summed E-state index contributed by atoms with van der Waals surface area (Å²) in [6, 6.07) is -0.785. The summed E-state index contributed by atoms with van der Waals surface area (Å²) in [6.07, 6.45) is 0.539. The SMILES string of the molecule is CC(C)CC[C@H](NC(=O)OC(C)(C)C)C(=O)NO. The van der Waals surface area contributed by atoms with Gasteiger partial charge >= 0.3 is 6.09 Å². The highest BCUT2D eigenvalue weighted by molar-refractivity contribution is 5.84. The highest BCUT2D eigenvalue weighted by Crippen LogP contribution is 2.10. The van der Waals surface area contributed by atoms with Crippen molar-refractivity contribution in [3.8, 4) is 0 Å². The predicted octanol–water partition coefficient (Wildman–Crippen LogP) is 1.82. The summed E-state index contributed by atoms with van der Waals surface area (Å²) >= 11 is 0. The van der Waals surface area contributed by atoms with Gasteiger partial charge in [-0.15, -0.1) is 0 Å². The van der Waals surface area contributed by atoms with Crippen molar-refractivity contribution in [3.05, 3.63) is 0 Å². The van der Waals surface area contributed by atoms with Crippen molar-refractivity contribution in [1.29, 1.82) is 0 Å². The van der Waals surface area contributed by atoms with Gasteiger partial charge in [-0.1, -0.05) is 13.8 Å². The third-order valence-electron chi connectivity index (χ3n) is 2.15. The van der Waals surface area contributed by atoms with Gasteiger partial charge in [0, 0.05) is 0 Å². The number of rotatable bonds is 5. The molecule has 0 aliphatic carbocycles. The van der Waals surface area contributed by atoms with E-state index in [0.29, 0.717) is 12.3 Å². The number of ether oxygens (including phenoxy) is 1. The van der Waals surface area contributed by atoms with E-state index in [0.717, 1.165) is 6.42 Å². The largest absolute Gasteiger partial charge is 0.444 e. The normalized spacial score (nSPS) is 13.1. The molecule has 2 amide bonds. The van der Waals surface area contributed by atoms with Crippen molar-refractivity contribution in [2.75, 3.05) is 0 Å². The Hall–Kier alpha value is -1.30. The van der Waals surface area contributed by atoms with E-state index < -0.39 is 23.6 Å². The summed E-state index contributed by atoms with van der Waals surface area (Å²) in [5.74, 6) is -0.235. The number of alkyl carbamates (subject to hydrolysis) is 1. The zero-order valence-corrected chi connectivity index (χ0v) is 11.7. The number of carbonyl (C=O) groups excluding carboxylic acids is 2. The average Bonchev–Trinajstić information content (AvgIpc) is 2.20. The molecule has 0 aliphatic rings. The van der Waals surface area contributed by atoms with Gasteiger partial charge < -0.3 is 10.1 Å². The molecule has 0 bridgehead atoms. The lowest BCUT2D eigenvalue weighted by atomic mass is 10.0. The number of amides is 2. The van der Waals surface area contributed by atoms with Gasteiger partial charge in [0.15, 0.2) is 0 Å². The fourth-order valence-corrected chi connectivity index (χ4v) is 1.30. The van der Waals surface area contributed by atoms with Gasteiger partial charge in [-0.05, 0) is 39.5 Å². The minimum Gasteiger partial charge on any atom is -0.444 e. The van der Waals surface area contributed by atoms with E-state index in [1.54, 1.807) is 26.3 Å². The number of hydrogen-bond acceptors (Lipinski definition) is 4. The zero-order chi connectivity index (χ0) is 14.3. The first-order valence-corrected chi connectivity index (χ1v) is 6.09. The second-order valence-electron chi connectivity index (χ2n) is 5.65. The Kier molecular flexibility index (Phi) is 6.68. The summed E-state index contributed by atoms with van der Waals surface area (Å²) in [4.78, 5) is 22.9. The maximum atomic E-state index is 11.5. The molecule has 18 heavy (non-hydrogen) atoms. The van der Waals surface area contributed by atoms with Crippen LogP contribution in [-0.2, 0) is 9.53 Å². The molecule has 0 fully saturated rings. The van der Waals surface area contributed by atoms with Crippen LogP contribution in [0.3, 0.4) is 0 Å². The fourth-order valence-electron chi connectivity index (χ4n) is 1.30. The maximum Gasteiger partial charge on any atom is 0.408 e. The summed E-state index contributed by atoms with van der Waals surface area (Å²) in [6.45, 7) is 9.24. The van der Waals surface area contributed by atoms with E-state index in [4.69, 9.17) is 9.94 Å². The molecule has 0 radical (unpaired) electrons. The second-order valence-corrected chi connectivity index (χ2v) is 5.65. The molecule has 0 rings (SSSR count). The van der Waals surface area contributed by atoms with Crippen molar-refractivity contribution < 1.29 is 19.5 Å². The zero-order valence-electron chi connectivity index (χ0n) is 11.7. The molecule has 0 saturated carbocycles. The Balaban J connectivity index is 4.40. The summed E-state index contributed by atoms with van der Waals surface area (Å²) in [7, 11) is 0. The molecule has 0 aliphatic heterocycles. The molecule has 6 nitrogen and oxygen atoms in total. The van der Waals surface area contributed by atoms with E-state index in [2.05, 4.69) is 5.32 Å². The van der Waals surface area contributed by atoms with Crippen LogP contribution in [0, 0.1) is 5.92 Å². The van der Waals surface area contributed by atoms with E-state index in [-0.39, 0.29) is 0 Å². The van der Waals surface area contributed by atoms with Gasteiger partial charge in [0.2, 0.25) is 0 Å². The number of nitrogens with one attached hydrogen (secondary N) is 2. The van der Waals surface area contributed by atoms with Crippen LogP contribution in [0.2, 0.25) is 0 Å². The first-order chi connectivity index (χ1) is 8.15. The Morgan fingerprint density at radius 1 is 1.22 bits per heavy atom. The third-order valence-corrected chi connectivity index (χ3v) is 2.15. The predicted molar refractivity (Wildman–Crippen MR) is 67.2 cm³/mol. The van der Waals surface area contributed by atoms with Crippen LogP contribution in [-0.4, -0.2) is 28.9 Å². The van der Waals surface area contributed by atoms with Crippen molar-refractivity contribution in [3.63, 3.8) is 0 Å². The highest BCUT2D eigenvalue weighted by atomic mass is 16.6. The minimum absolute atomic E-state index is 0.402. The average molecular weight is 260 g/mol. The van der Waals surface area contributed by atoms with Crippen LogP contribution < -0.4 is 10.8 Å². The van der Waals surface area contributed by atoms with Crippen LogP contribution in [0.4, 0.5) is 4.79 Å². The molecule has 0 aromatic heterocycles. The fraction of sp³-hybridized carbons (Fsp3) is 0.833. The molecule has 106 valence electrons. The van der Waals surface area contributed by atoms with Gasteiger partial charge in [-0.2, -0.15) is 0 Å². The standard InChI is InChI=1S/C12H24N2O4/c1-8(2)6-7-9(10(15)14-17)13-11(16)18-12(3,4)5/h8-9,17H,6-7H2,1-5H3,(H,13,16)(H,14,15)/t9-/m0/s1. The Morgan fingerprint density at radius 3 is 2.17 bits per heavy atom. The molecule has 1 atom stereocenters. The lowest BCUT2D eigenvalue weighted by molar-refractivity contribution is -0.131. The van der Waals surface area contributed by atoms with E-state index in [1.807, 2.05) is 13.8 Å². The summed E-state index contributed by atoms with van der Waals surface area (Å²) in [5.41, 5.74) is 0.925. The second kappa shape index (κ2) is 7.20. The quantitative estimate of drug-likeness (QED) is 0.519. The van der Waals surface area contributed by atoms with Crippen LogP contribution in [0.5, 0.6) is 0 Å². The molecule has 0 aromatic carbocycles. The maximum absolute atomic E-state index is 11.5. The molecular weight excluding hydrogens is 236 g/mol. The third kappa shape index (κ3) is 7.89. The Bertz CT molecular complexity index is 284. The molecule has 0 saturated heterocycles. The summed E-state index contributed by atoms with van der Waals surface area (Å²) < 4.78 is 5.06. The topological polar surface area (TPSA) is 87.7 Å². The van der Waals surface area contributed by atoms with Crippen LogP contribution >= 0.6 is 0 Å². The molecule has 0 aromatic rings. The molecule has 0 spiro atoms. The van der Waals surface area contributed by atoms with Gasteiger partial charge in [0.25, 0.3) is 5.91 Å². The summed E-state index contributed by atoms with van der Waals surface area (Å²) in [5, 5.41) is 11.1. The number of hydrogen-bond donors (Lipinski definition) is 3. The minimum atomic E-state index is -0.785. The van der Waals surface area contributed by atoms with Crippen molar-refractivity contribution in [2.24, 2.45) is 5.92 Å². The van der Waals surface area contributed by atoms with Crippen molar-refractivity contribution in [1.82, 2.24) is 10.8 Å². The first-order valence-electron chi connectivity index (χ1n) is 6.09. The van der Waals surface area contributed by atoms with E-state index in [9.17, 15) is 9.59 Å². The van der Waals surface area contributed by atoms with Crippen molar-refractivity contribution >= 4 is 12.0 Å². The molecule has 6 heteroatoms. The molecular formula is C12H24N2O4. The van der Waals surface area contributed by atoms with Gasteiger partial charge in [0.1, 0.15) is 11.6 Å². The van der Waals surface area contributed by atoms with Gasteiger partial charge in [-0.25, -0.2) is 10.3 Å². The number of carbonyl (C=O) groups is 2. The van der Waals surface area contributed by atoms with Crippen LogP contribution in [0.1, 0.15) is 47.5 Å². The first kappa shape index (κ1) is 16.7. The smallest absolute Gasteiger partial charge is 0.408 e. The highest BCUT2D eigenvalue weighted by Gasteiger charge is 2.24. The van der Waals surface area contributed by atoms with Gasteiger partial charge in [0.05, 0.1) is 0 Å². The van der Waals surface area contributed by atoms with Gasteiger partial charge in [-0.3, -0.25) is 10.0 Å². The number of hydroxylamine groups is 1. The van der Waals surface area contributed by atoms with E-state index >= 15 is 0 Å². The van der Waals surface area contributed by atoms with Crippen LogP contribution in [0.25, 0.3) is 0 Å². The molecule has 3 N–H and O–H groups in total. The Morgan fingerprint density at radius 2 is 1.78 bits per heavy atom. The molecule has 0 unspecified atom stereocenters. The lowest BCUT2D eigenvalue weighted by Crippen LogP contribution is -2.47.